The molecule has 1 N–H and O–H groups in total. The van der Waals surface area contributed by atoms with Crippen molar-refractivity contribution in [3.63, 3.8) is 0 Å². The molecule has 21 heavy (non-hydrogen) atoms. The van der Waals surface area contributed by atoms with E-state index in [2.05, 4.69) is 25.0 Å². The Morgan fingerprint density at radius 1 is 1.14 bits per heavy atom. The summed E-state index contributed by atoms with van der Waals surface area (Å²) in [6.07, 6.45) is 0. The van der Waals surface area contributed by atoms with E-state index in [0.717, 1.165) is 5.56 Å². The maximum absolute atomic E-state index is 13.8. The molecular weight excluding hydrogens is 362 g/mol. The van der Waals surface area contributed by atoms with Crippen molar-refractivity contribution < 1.29 is 13.0 Å². The highest BCUT2D eigenvalue weighted by molar-refractivity contribution is 9.10. The topological polar surface area (TPSA) is 41.5 Å². The minimum absolute atomic E-state index is 0.00791. The van der Waals surface area contributed by atoms with Crippen LogP contribution in [0.4, 0.5) is 14.5 Å². The van der Waals surface area contributed by atoms with Gasteiger partial charge in [-0.15, -0.1) is 0 Å². The lowest BCUT2D eigenvalue weighted by molar-refractivity contribution is 0.507. The fraction of sp³-hybridized carbons (Fsp3) is 0.143. The van der Waals surface area contributed by atoms with Crippen LogP contribution < -0.4 is 4.72 Å². The van der Waals surface area contributed by atoms with E-state index in [1.807, 2.05) is 18.2 Å². The molecule has 0 aliphatic carbocycles. The summed E-state index contributed by atoms with van der Waals surface area (Å²) >= 11 is 2.89. The van der Waals surface area contributed by atoms with Crippen molar-refractivity contribution in [2.75, 3.05) is 11.8 Å². The van der Waals surface area contributed by atoms with E-state index in [0.29, 0.717) is 0 Å². The number of rotatable bonds is 4. The molecule has 0 amide bonds. The van der Waals surface area contributed by atoms with Crippen LogP contribution in [0.1, 0.15) is 5.56 Å². The Balaban J connectivity index is 2.32. The van der Waals surface area contributed by atoms with Crippen LogP contribution in [-0.4, -0.2) is 11.3 Å². The van der Waals surface area contributed by atoms with Gasteiger partial charge >= 0.3 is 0 Å². The second-order valence-electron chi connectivity index (χ2n) is 4.28. The van der Waals surface area contributed by atoms with Crippen molar-refractivity contribution in [1.82, 2.24) is 0 Å². The Bertz CT molecular complexity index is 759. The molecule has 112 valence electrons. The van der Waals surface area contributed by atoms with Gasteiger partial charge in [-0.05, 0) is 33.6 Å². The zero-order valence-electron chi connectivity index (χ0n) is 11.1. The monoisotopic (exact) mass is 374 g/mol. The minimum atomic E-state index is -2.93. The van der Waals surface area contributed by atoms with E-state index >= 15 is 0 Å². The Kier molecular flexibility index (Phi) is 4.95. The van der Waals surface area contributed by atoms with E-state index < -0.39 is 21.5 Å². The largest absolute Gasteiger partial charge is 0.296 e. The molecule has 0 saturated heterocycles. The molecule has 0 bridgehead atoms. The van der Waals surface area contributed by atoms with E-state index in [1.165, 1.54) is 19.2 Å². The van der Waals surface area contributed by atoms with Crippen LogP contribution in [0.2, 0.25) is 0 Å². The van der Waals surface area contributed by atoms with Gasteiger partial charge in [0.1, 0.15) is 9.92 Å². The molecule has 0 radical (unpaired) electrons. The standard InChI is InChI=1S/C14H13BrF2N2OS/c1-18-21(20,9-10-5-3-2-4-6-10)19-12-8-7-11(15)13(16)14(12)17/h2-8H,9H2,1H3,(H,18,19,20). The molecule has 1 atom stereocenters. The fourth-order valence-corrected chi connectivity index (χ4v) is 3.47. The first-order valence-corrected chi connectivity index (χ1v) is 8.51. The molecule has 0 aliphatic heterocycles. The van der Waals surface area contributed by atoms with Crippen LogP contribution in [0, 0.1) is 11.6 Å². The first kappa shape index (κ1) is 15.9. The van der Waals surface area contributed by atoms with Gasteiger partial charge in [-0.3, -0.25) is 4.72 Å². The van der Waals surface area contributed by atoms with Crippen molar-refractivity contribution in [2.45, 2.75) is 5.75 Å². The SMILES string of the molecule is CN=S(=O)(Cc1ccccc1)Nc1ccc(Br)c(F)c1F. The van der Waals surface area contributed by atoms with Gasteiger partial charge in [-0.1, -0.05) is 30.3 Å². The highest BCUT2D eigenvalue weighted by Gasteiger charge is 2.16. The number of anilines is 1. The third-order valence-corrected chi connectivity index (χ3v) is 5.27. The van der Waals surface area contributed by atoms with Gasteiger partial charge in [0.05, 0.1) is 15.9 Å². The van der Waals surface area contributed by atoms with Gasteiger partial charge in [0, 0.05) is 7.05 Å². The Labute approximate surface area is 130 Å². The summed E-state index contributed by atoms with van der Waals surface area (Å²) in [7, 11) is -1.55. The highest BCUT2D eigenvalue weighted by Crippen LogP contribution is 2.25. The third kappa shape index (κ3) is 3.79. The molecule has 7 heteroatoms. The summed E-state index contributed by atoms with van der Waals surface area (Å²) < 4.78 is 46.4. The lowest BCUT2D eigenvalue weighted by atomic mass is 10.2. The fourth-order valence-electron chi connectivity index (χ4n) is 1.72. The second kappa shape index (κ2) is 6.53. The first-order chi connectivity index (χ1) is 9.95. The van der Waals surface area contributed by atoms with Gasteiger partial charge in [0.2, 0.25) is 0 Å². The second-order valence-corrected chi connectivity index (χ2v) is 7.27. The van der Waals surface area contributed by atoms with E-state index in [-0.39, 0.29) is 15.9 Å². The zero-order valence-corrected chi connectivity index (χ0v) is 13.5. The van der Waals surface area contributed by atoms with Gasteiger partial charge in [0.15, 0.2) is 11.6 Å². The van der Waals surface area contributed by atoms with Crippen molar-refractivity contribution in [3.8, 4) is 0 Å². The molecule has 0 aliphatic rings. The molecule has 0 saturated carbocycles. The molecule has 3 nitrogen and oxygen atoms in total. The Morgan fingerprint density at radius 3 is 2.43 bits per heavy atom. The number of nitrogens with one attached hydrogen (secondary N) is 1. The Hall–Kier alpha value is -1.47. The van der Waals surface area contributed by atoms with Crippen LogP contribution in [0.25, 0.3) is 0 Å². The average Bonchev–Trinajstić information content (AvgIpc) is 2.49. The summed E-state index contributed by atoms with van der Waals surface area (Å²) in [6, 6.07) is 11.7. The van der Waals surface area contributed by atoms with Gasteiger partial charge in [0.25, 0.3) is 0 Å². The molecule has 0 fully saturated rings. The Morgan fingerprint density at radius 2 is 1.81 bits per heavy atom. The zero-order chi connectivity index (χ0) is 15.5. The summed E-state index contributed by atoms with van der Waals surface area (Å²) in [5, 5.41) is 0. The van der Waals surface area contributed by atoms with Gasteiger partial charge in [-0.2, -0.15) is 0 Å². The van der Waals surface area contributed by atoms with Crippen LogP contribution >= 0.6 is 15.9 Å². The molecule has 2 rings (SSSR count). The number of hydrogen-bond donors (Lipinski definition) is 1. The average molecular weight is 375 g/mol. The molecule has 2 aromatic rings. The van der Waals surface area contributed by atoms with E-state index in [4.69, 9.17) is 0 Å². The predicted octanol–water partition coefficient (Wildman–Crippen LogP) is 4.35. The van der Waals surface area contributed by atoms with Crippen LogP contribution in [0.15, 0.2) is 51.3 Å². The highest BCUT2D eigenvalue weighted by atomic mass is 79.9. The van der Waals surface area contributed by atoms with Crippen molar-refractivity contribution in [2.24, 2.45) is 4.36 Å². The van der Waals surface area contributed by atoms with Crippen LogP contribution in [-0.2, 0) is 15.7 Å². The molecule has 0 spiro atoms. The molecule has 1 unspecified atom stereocenters. The van der Waals surface area contributed by atoms with Crippen molar-refractivity contribution in [1.29, 1.82) is 0 Å². The van der Waals surface area contributed by atoms with Crippen LogP contribution in [0.3, 0.4) is 0 Å². The maximum Gasteiger partial charge on any atom is 0.183 e. The predicted molar refractivity (Wildman–Crippen MR) is 84.3 cm³/mol. The van der Waals surface area contributed by atoms with Gasteiger partial charge in [-0.25, -0.2) is 17.4 Å². The quantitative estimate of drug-likeness (QED) is 0.793. The smallest absolute Gasteiger partial charge is 0.183 e. The van der Waals surface area contributed by atoms with E-state index in [1.54, 1.807) is 12.1 Å². The molecule has 0 aromatic heterocycles. The number of halogens is 3. The van der Waals surface area contributed by atoms with Gasteiger partial charge < -0.3 is 0 Å². The summed E-state index contributed by atoms with van der Waals surface area (Å²) in [6.45, 7) is 0. The number of nitrogens with zero attached hydrogens (tertiary/aromatic N) is 1. The molecular formula is C14H13BrF2N2OS. The van der Waals surface area contributed by atoms with Crippen molar-refractivity contribution in [3.05, 3.63) is 64.1 Å². The van der Waals surface area contributed by atoms with E-state index in [9.17, 15) is 13.0 Å². The molecule has 2 aromatic carbocycles. The lowest BCUT2D eigenvalue weighted by Crippen LogP contribution is -2.16. The van der Waals surface area contributed by atoms with Crippen LogP contribution in [0.5, 0.6) is 0 Å². The lowest BCUT2D eigenvalue weighted by Gasteiger charge is -2.14. The minimum Gasteiger partial charge on any atom is -0.296 e. The number of hydrogen-bond acceptors (Lipinski definition) is 2. The summed E-state index contributed by atoms with van der Waals surface area (Å²) in [5.74, 6) is -2.02. The number of benzene rings is 2. The summed E-state index contributed by atoms with van der Waals surface area (Å²) in [5.41, 5.74) is 0.612. The third-order valence-electron chi connectivity index (χ3n) is 2.80. The summed E-state index contributed by atoms with van der Waals surface area (Å²) in [4.78, 5) is 0. The maximum atomic E-state index is 13.8. The first-order valence-electron chi connectivity index (χ1n) is 6.03. The molecule has 0 heterocycles. The normalized spacial score (nSPS) is 13.5. The van der Waals surface area contributed by atoms with Crippen molar-refractivity contribution >= 4 is 31.5 Å².